The van der Waals surface area contributed by atoms with Crippen molar-refractivity contribution in [1.82, 2.24) is 19.7 Å². The molecule has 4 rings (SSSR count). The van der Waals surface area contributed by atoms with Gasteiger partial charge >= 0.3 is 0 Å². The van der Waals surface area contributed by atoms with E-state index >= 15 is 0 Å². The molecule has 3 heterocycles. The minimum atomic E-state index is -3.72. The third kappa shape index (κ3) is 4.39. The molecule has 1 amide bonds. The summed E-state index contributed by atoms with van der Waals surface area (Å²) in [6.45, 7) is 5.89. The Morgan fingerprint density at radius 3 is 2.61 bits per heavy atom. The van der Waals surface area contributed by atoms with Crippen LogP contribution in [0.15, 0.2) is 33.7 Å². The summed E-state index contributed by atoms with van der Waals surface area (Å²) in [5, 5.41) is 15.7. The number of aryl methyl sites for hydroxylation is 3. The maximum atomic E-state index is 13.1. The highest BCUT2D eigenvalue weighted by molar-refractivity contribution is 7.89. The number of carbonyl (C=O) groups excluding carboxylic acids is 1. The molecule has 0 unspecified atom stereocenters. The Bertz CT molecular complexity index is 1180. The number of carbonyl (C=O) groups is 1. The van der Waals surface area contributed by atoms with E-state index in [-0.39, 0.29) is 34.0 Å². The molecule has 9 nitrogen and oxygen atoms in total. The first-order chi connectivity index (χ1) is 14.8. The minimum Gasteiger partial charge on any atom is -0.360 e. The first-order valence-electron chi connectivity index (χ1n) is 9.90. The lowest BCUT2D eigenvalue weighted by molar-refractivity contribution is 0.102. The van der Waals surface area contributed by atoms with Crippen LogP contribution in [0.2, 0.25) is 0 Å². The van der Waals surface area contributed by atoms with Crippen molar-refractivity contribution in [3.8, 4) is 0 Å². The quantitative estimate of drug-likeness (QED) is 0.619. The van der Waals surface area contributed by atoms with Gasteiger partial charge in [-0.25, -0.2) is 8.42 Å². The molecule has 1 atom stereocenters. The van der Waals surface area contributed by atoms with Crippen LogP contribution < -0.4 is 5.32 Å². The fraction of sp³-hybridized carbons (Fsp3) is 0.400. The molecule has 1 aliphatic rings. The summed E-state index contributed by atoms with van der Waals surface area (Å²) in [5.41, 5.74) is 2.14. The topological polar surface area (TPSA) is 118 Å². The fourth-order valence-corrected chi connectivity index (χ4v) is 6.33. The number of nitrogens with one attached hydrogen (secondary N) is 1. The zero-order chi connectivity index (χ0) is 22.2. The highest BCUT2D eigenvalue weighted by Crippen LogP contribution is 2.33. The number of nitrogens with zero attached hydrogens (tertiary/aromatic N) is 4. The van der Waals surface area contributed by atoms with Crippen LogP contribution in [0.25, 0.3) is 0 Å². The molecule has 2 aromatic heterocycles. The van der Waals surface area contributed by atoms with Gasteiger partial charge in [-0.2, -0.15) is 4.31 Å². The van der Waals surface area contributed by atoms with E-state index in [9.17, 15) is 13.2 Å². The van der Waals surface area contributed by atoms with Crippen molar-refractivity contribution in [3.05, 3.63) is 51.3 Å². The summed E-state index contributed by atoms with van der Waals surface area (Å²) in [6.07, 6.45) is 1.47. The minimum absolute atomic E-state index is 0.123. The predicted molar refractivity (Wildman–Crippen MR) is 116 cm³/mol. The largest absolute Gasteiger partial charge is 0.360 e. The standard InChI is InChI=1S/C20H23N5O4S2/c1-12-6-8-16(9-7-12)21-18(26)20-23-22-19(30-20)15-5-4-10-25(11-15)31(27,28)17-13(2)24-29-14(17)3/h6-9,15H,4-5,10-11H2,1-3H3,(H,21,26)/t15-/m0/s1. The summed E-state index contributed by atoms with van der Waals surface area (Å²) >= 11 is 1.20. The van der Waals surface area contributed by atoms with Crippen molar-refractivity contribution < 1.29 is 17.7 Å². The number of piperidine rings is 1. The van der Waals surface area contributed by atoms with Gasteiger partial charge in [-0.1, -0.05) is 34.2 Å². The van der Waals surface area contributed by atoms with Crippen LogP contribution in [0, 0.1) is 20.8 Å². The average Bonchev–Trinajstić information content (AvgIpc) is 3.37. The molecule has 1 N–H and O–H groups in total. The van der Waals surface area contributed by atoms with Gasteiger partial charge in [-0.3, -0.25) is 4.79 Å². The van der Waals surface area contributed by atoms with Crippen molar-refractivity contribution in [2.45, 2.75) is 44.4 Å². The molecule has 3 aromatic rings. The third-order valence-electron chi connectivity index (χ3n) is 5.24. The number of amides is 1. The third-order valence-corrected chi connectivity index (χ3v) is 8.44. The predicted octanol–water partition coefficient (Wildman–Crippen LogP) is 3.27. The molecule has 164 valence electrons. The van der Waals surface area contributed by atoms with Crippen LogP contribution in [-0.4, -0.2) is 47.1 Å². The molecular weight excluding hydrogens is 438 g/mol. The van der Waals surface area contributed by atoms with Crippen molar-refractivity contribution in [2.75, 3.05) is 18.4 Å². The van der Waals surface area contributed by atoms with E-state index in [1.165, 1.54) is 15.6 Å². The number of benzene rings is 1. The molecule has 1 saturated heterocycles. The van der Waals surface area contributed by atoms with Crippen LogP contribution in [0.1, 0.15) is 50.6 Å². The van der Waals surface area contributed by atoms with Crippen molar-refractivity contribution >= 4 is 33.0 Å². The SMILES string of the molecule is Cc1ccc(NC(=O)c2nnc([C@H]3CCCN(S(=O)(=O)c4c(C)noc4C)C3)s2)cc1. The van der Waals surface area contributed by atoms with Crippen molar-refractivity contribution in [1.29, 1.82) is 0 Å². The summed E-state index contributed by atoms with van der Waals surface area (Å²) in [4.78, 5) is 12.7. The second-order valence-corrected chi connectivity index (χ2v) is 10.5. The highest BCUT2D eigenvalue weighted by atomic mass is 32.2. The van der Waals surface area contributed by atoms with E-state index in [2.05, 4.69) is 20.7 Å². The molecular formula is C20H23N5O4S2. The van der Waals surface area contributed by atoms with Gasteiger partial charge in [0.1, 0.15) is 15.6 Å². The summed E-state index contributed by atoms with van der Waals surface area (Å²) < 4.78 is 32.8. The van der Waals surface area contributed by atoms with Gasteiger partial charge in [-0.05, 0) is 45.7 Å². The first kappa shape index (κ1) is 21.6. The molecule has 0 spiro atoms. The van der Waals surface area contributed by atoms with Crippen LogP contribution >= 0.6 is 11.3 Å². The Labute approximate surface area is 184 Å². The molecule has 11 heteroatoms. The normalized spacial score (nSPS) is 17.6. The van der Waals surface area contributed by atoms with E-state index in [0.717, 1.165) is 12.0 Å². The monoisotopic (exact) mass is 461 g/mol. The van der Waals surface area contributed by atoms with Gasteiger partial charge in [0.15, 0.2) is 5.76 Å². The first-order valence-corrected chi connectivity index (χ1v) is 12.2. The number of aromatic nitrogens is 3. The van der Waals surface area contributed by atoms with Gasteiger partial charge in [-0.15, -0.1) is 10.2 Å². The molecule has 31 heavy (non-hydrogen) atoms. The number of rotatable bonds is 5. The average molecular weight is 462 g/mol. The van der Waals surface area contributed by atoms with Gasteiger partial charge < -0.3 is 9.84 Å². The Hall–Kier alpha value is -2.63. The van der Waals surface area contributed by atoms with Crippen molar-refractivity contribution in [3.63, 3.8) is 0 Å². The molecule has 0 bridgehead atoms. The Morgan fingerprint density at radius 1 is 1.19 bits per heavy atom. The van der Waals surface area contributed by atoms with Crippen LogP contribution in [0.4, 0.5) is 5.69 Å². The number of hydrogen-bond acceptors (Lipinski definition) is 8. The second kappa shape index (κ2) is 8.48. The summed E-state index contributed by atoms with van der Waals surface area (Å²) in [7, 11) is -3.72. The number of hydrogen-bond donors (Lipinski definition) is 1. The van der Waals surface area contributed by atoms with E-state index in [0.29, 0.717) is 29.4 Å². The Morgan fingerprint density at radius 2 is 1.94 bits per heavy atom. The zero-order valence-electron chi connectivity index (χ0n) is 17.5. The molecule has 0 aliphatic carbocycles. The second-order valence-electron chi connectivity index (χ2n) is 7.62. The van der Waals surface area contributed by atoms with Gasteiger partial charge in [0.2, 0.25) is 15.0 Å². The van der Waals surface area contributed by atoms with Crippen LogP contribution in [0.5, 0.6) is 0 Å². The smallest absolute Gasteiger partial charge is 0.286 e. The fourth-order valence-electron chi connectivity index (χ4n) is 3.65. The van der Waals surface area contributed by atoms with E-state index in [4.69, 9.17) is 4.52 Å². The maximum absolute atomic E-state index is 13.1. The Balaban J connectivity index is 1.49. The molecule has 1 aromatic carbocycles. The number of anilines is 1. The number of sulfonamides is 1. The Kier molecular flexibility index (Phi) is 5.91. The van der Waals surface area contributed by atoms with Gasteiger partial charge in [0.25, 0.3) is 5.91 Å². The lowest BCUT2D eigenvalue weighted by atomic mass is 10.0. The van der Waals surface area contributed by atoms with Crippen LogP contribution in [0.3, 0.4) is 0 Å². The maximum Gasteiger partial charge on any atom is 0.286 e. The van der Waals surface area contributed by atoms with E-state index in [1.807, 2.05) is 31.2 Å². The van der Waals surface area contributed by atoms with Gasteiger partial charge in [0.05, 0.1) is 0 Å². The highest BCUT2D eigenvalue weighted by Gasteiger charge is 2.36. The molecule has 0 saturated carbocycles. The van der Waals surface area contributed by atoms with E-state index < -0.39 is 10.0 Å². The van der Waals surface area contributed by atoms with Crippen LogP contribution in [-0.2, 0) is 10.0 Å². The van der Waals surface area contributed by atoms with E-state index in [1.54, 1.807) is 13.8 Å². The lowest BCUT2D eigenvalue weighted by Crippen LogP contribution is -2.39. The summed E-state index contributed by atoms with van der Waals surface area (Å²) in [5.74, 6) is -0.170. The molecule has 1 aliphatic heterocycles. The van der Waals surface area contributed by atoms with Gasteiger partial charge in [0, 0.05) is 24.7 Å². The summed E-state index contributed by atoms with van der Waals surface area (Å²) in [6, 6.07) is 7.48. The zero-order valence-corrected chi connectivity index (χ0v) is 19.1. The molecule has 0 radical (unpaired) electrons. The van der Waals surface area contributed by atoms with Crippen molar-refractivity contribution in [2.24, 2.45) is 0 Å². The lowest BCUT2D eigenvalue weighted by Gasteiger charge is -2.30. The molecule has 1 fully saturated rings.